The summed E-state index contributed by atoms with van der Waals surface area (Å²) in [5.41, 5.74) is 1.25. The molecular formula is C14H21N3O2S. The molecule has 1 N–H and O–H groups in total. The number of morpholine rings is 1. The third-order valence-electron chi connectivity index (χ3n) is 3.87. The summed E-state index contributed by atoms with van der Waals surface area (Å²) in [4.78, 5) is 20.1. The number of urea groups is 1. The van der Waals surface area contributed by atoms with Gasteiger partial charge in [0.05, 0.1) is 24.9 Å². The van der Waals surface area contributed by atoms with Crippen molar-refractivity contribution in [2.75, 3.05) is 26.3 Å². The lowest BCUT2D eigenvalue weighted by Gasteiger charge is -2.28. The third-order valence-corrected chi connectivity index (χ3v) is 5.21. The van der Waals surface area contributed by atoms with Crippen LogP contribution in [-0.2, 0) is 17.6 Å². The Balaban J connectivity index is 1.62. The molecule has 0 unspecified atom stereocenters. The molecule has 1 atom stereocenters. The zero-order valence-electron chi connectivity index (χ0n) is 11.9. The van der Waals surface area contributed by atoms with Crippen molar-refractivity contribution in [2.45, 2.75) is 38.6 Å². The Morgan fingerprint density at radius 1 is 1.35 bits per heavy atom. The fourth-order valence-corrected chi connectivity index (χ4v) is 3.82. The van der Waals surface area contributed by atoms with Crippen molar-refractivity contribution in [3.8, 4) is 0 Å². The standard InChI is InChI=1S/C14H21N3O2S/c1-10(15-14(18)17-6-8-19-9-7-17)13-16-11-4-2-3-5-12(11)20-13/h10H,2-9H2,1H3,(H,15,18)/t10-/m1/s1. The first kappa shape index (κ1) is 13.8. The molecule has 1 saturated heterocycles. The summed E-state index contributed by atoms with van der Waals surface area (Å²) in [5.74, 6) is 0. The summed E-state index contributed by atoms with van der Waals surface area (Å²) in [7, 11) is 0. The molecule has 0 spiro atoms. The van der Waals surface area contributed by atoms with Crippen LogP contribution in [0, 0.1) is 0 Å². The summed E-state index contributed by atoms with van der Waals surface area (Å²) in [6.07, 6.45) is 4.75. The predicted octanol–water partition coefficient (Wildman–Crippen LogP) is 2.12. The molecule has 1 fully saturated rings. The summed E-state index contributed by atoms with van der Waals surface area (Å²) in [5, 5.41) is 4.09. The summed E-state index contributed by atoms with van der Waals surface area (Å²) in [6.45, 7) is 4.63. The Morgan fingerprint density at radius 2 is 2.10 bits per heavy atom. The van der Waals surface area contributed by atoms with Crippen LogP contribution in [0.25, 0.3) is 0 Å². The van der Waals surface area contributed by atoms with Gasteiger partial charge in [-0.05, 0) is 32.6 Å². The van der Waals surface area contributed by atoms with Gasteiger partial charge in [-0.1, -0.05) is 0 Å². The molecule has 110 valence electrons. The van der Waals surface area contributed by atoms with Crippen LogP contribution in [0.15, 0.2) is 0 Å². The summed E-state index contributed by atoms with van der Waals surface area (Å²) < 4.78 is 5.26. The number of amides is 2. The molecule has 0 bridgehead atoms. The Labute approximate surface area is 123 Å². The molecule has 1 aliphatic carbocycles. The second-order valence-corrected chi connectivity index (χ2v) is 6.51. The Bertz CT molecular complexity index is 459. The number of nitrogens with zero attached hydrogens (tertiary/aromatic N) is 2. The van der Waals surface area contributed by atoms with Crippen LogP contribution in [0.1, 0.15) is 41.4 Å². The van der Waals surface area contributed by atoms with E-state index < -0.39 is 0 Å². The highest BCUT2D eigenvalue weighted by molar-refractivity contribution is 7.11. The maximum absolute atomic E-state index is 12.2. The van der Waals surface area contributed by atoms with Gasteiger partial charge in [0.1, 0.15) is 5.01 Å². The molecule has 2 aliphatic rings. The van der Waals surface area contributed by atoms with Crippen molar-refractivity contribution < 1.29 is 9.53 Å². The first-order valence-electron chi connectivity index (χ1n) is 7.35. The number of carbonyl (C=O) groups excluding carboxylic acids is 1. The predicted molar refractivity (Wildman–Crippen MR) is 78.1 cm³/mol. The van der Waals surface area contributed by atoms with Crippen molar-refractivity contribution in [2.24, 2.45) is 0 Å². The van der Waals surface area contributed by atoms with E-state index in [2.05, 4.69) is 5.32 Å². The molecule has 2 amide bonds. The van der Waals surface area contributed by atoms with Crippen molar-refractivity contribution >= 4 is 17.4 Å². The van der Waals surface area contributed by atoms with Gasteiger partial charge < -0.3 is 15.0 Å². The fourth-order valence-electron chi connectivity index (χ4n) is 2.66. The number of hydrogen-bond donors (Lipinski definition) is 1. The molecule has 1 aliphatic heterocycles. The average Bonchev–Trinajstić information content (AvgIpc) is 2.92. The monoisotopic (exact) mass is 295 g/mol. The first-order valence-corrected chi connectivity index (χ1v) is 8.17. The minimum Gasteiger partial charge on any atom is -0.378 e. The van der Waals surface area contributed by atoms with E-state index in [-0.39, 0.29) is 12.1 Å². The van der Waals surface area contributed by atoms with E-state index in [0.29, 0.717) is 26.3 Å². The van der Waals surface area contributed by atoms with E-state index in [9.17, 15) is 4.79 Å². The quantitative estimate of drug-likeness (QED) is 0.909. The van der Waals surface area contributed by atoms with E-state index in [1.807, 2.05) is 11.8 Å². The highest BCUT2D eigenvalue weighted by atomic mass is 32.1. The van der Waals surface area contributed by atoms with Crippen LogP contribution < -0.4 is 5.32 Å². The number of carbonyl (C=O) groups is 1. The molecular weight excluding hydrogens is 274 g/mol. The SMILES string of the molecule is C[C@@H](NC(=O)N1CCOCC1)c1nc2c(s1)CCCC2. The second kappa shape index (κ2) is 6.10. The van der Waals surface area contributed by atoms with E-state index in [1.165, 1.54) is 23.4 Å². The van der Waals surface area contributed by atoms with Gasteiger partial charge in [-0.2, -0.15) is 0 Å². The van der Waals surface area contributed by atoms with Gasteiger partial charge >= 0.3 is 6.03 Å². The van der Waals surface area contributed by atoms with Crippen LogP contribution in [0.3, 0.4) is 0 Å². The maximum atomic E-state index is 12.2. The highest BCUT2D eigenvalue weighted by Crippen LogP contribution is 2.29. The van der Waals surface area contributed by atoms with E-state index in [4.69, 9.17) is 9.72 Å². The minimum atomic E-state index is -0.0130. The van der Waals surface area contributed by atoms with Crippen molar-refractivity contribution in [3.63, 3.8) is 0 Å². The van der Waals surface area contributed by atoms with Crippen LogP contribution in [0.2, 0.25) is 0 Å². The largest absolute Gasteiger partial charge is 0.378 e. The lowest BCUT2D eigenvalue weighted by Crippen LogP contribution is -2.46. The topological polar surface area (TPSA) is 54.5 Å². The molecule has 0 aromatic carbocycles. The molecule has 0 radical (unpaired) electrons. The van der Waals surface area contributed by atoms with Gasteiger partial charge in [-0.25, -0.2) is 9.78 Å². The summed E-state index contributed by atoms with van der Waals surface area (Å²) in [6, 6.07) is -0.0186. The average molecular weight is 295 g/mol. The van der Waals surface area contributed by atoms with E-state index >= 15 is 0 Å². The molecule has 1 aromatic rings. The molecule has 6 heteroatoms. The van der Waals surface area contributed by atoms with Crippen LogP contribution >= 0.6 is 11.3 Å². The van der Waals surface area contributed by atoms with Gasteiger partial charge in [0.2, 0.25) is 0 Å². The maximum Gasteiger partial charge on any atom is 0.318 e. The lowest BCUT2D eigenvalue weighted by atomic mass is 10.0. The van der Waals surface area contributed by atoms with Gasteiger partial charge in [-0.3, -0.25) is 0 Å². The third kappa shape index (κ3) is 2.96. The van der Waals surface area contributed by atoms with Gasteiger partial charge in [0.15, 0.2) is 0 Å². The summed E-state index contributed by atoms with van der Waals surface area (Å²) >= 11 is 1.76. The lowest BCUT2D eigenvalue weighted by molar-refractivity contribution is 0.0526. The molecule has 20 heavy (non-hydrogen) atoms. The van der Waals surface area contributed by atoms with Crippen LogP contribution in [0.5, 0.6) is 0 Å². The first-order chi connectivity index (χ1) is 9.74. The molecule has 5 nitrogen and oxygen atoms in total. The van der Waals surface area contributed by atoms with Crippen molar-refractivity contribution in [1.29, 1.82) is 0 Å². The molecule has 2 heterocycles. The number of nitrogens with one attached hydrogen (secondary N) is 1. The molecule has 1 aromatic heterocycles. The number of hydrogen-bond acceptors (Lipinski definition) is 4. The van der Waals surface area contributed by atoms with Gasteiger partial charge in [0.25, 0.3) is 0 Å². The second-order valence-electron chi connectivity index (χ2n) is 5.40. The van der Waals surface area contributed by atoms with Gasteiger partial charge in [-0.15, -0.1) is 11.3 Å². The number of aromatic nitrogens is 1. The van der Waals surface area contributed by atoms with E-state index in [1.54, 1.807) is 11.3 Å². The minimum absolute atomic E-state index is 0.00558. The zero-order chi connectivity index (χ0) is 13.9. The Kier molecular flexibility index (Phi) is 4.21. The van der Waals surface area contributed by atoms with Crippen LogP contribution in [-0.4, -0.2) is 42.2 Å². The molecule has 3 rings (SSSR count). The zero-order valence-corrected chi connectivity index (χ0v) is 12.7. The smallest absolute Gasteiger partial charge is 0.318 e. The number of ether oxygens (including phenoxy) is 1. The van der Waals surface area contributed by atoms with E-state index in [0.717, 1.165) is 17.8 Å². The highest BCUT2D eigenvalue weighted by Gasteiger charge is 2.22. The Morgan fingerprint density at radius 3 is 2.85 bits per heavy atom. The van der Waals surface area contributed by atoms with Crippen LogP contribution in [0.4, 0.5) is 4.79 Å². The Hall–Kier alpha value is -1.14. The van der Waals surface area contributed by atoms with Crippen molar-refractivity contribution in [1.82, 2.24) is 15.2 Å². The number of thiazole rings is 1. The normalized spacial score (nSPS) is 20.4. The van der Waals surface area contributed by atoms with Gasteiger partial charge in [0, 0.05) is 18.0 Å². The van der Waals surface area contributed by atoms with Crippen molar-refractivity contribution in [3.05, 3.63) is 15.6 Å². The number of fused-ring (bicyclic) bond motifs is 1. The molecule has 0 saturated carbocycles. The fraction of sp³-hybridized carbons (Fsp3) is 0.714. The number of aryl methyl sites for hydroxylation is 2. The number of rotatable bonds is 2.